The predicted molar refractivity (Wildman–Crippen MR) is 96.0 cm³/mol. The van der Waals surface area contributed by atoms with Crippen LogP contribution in [0.2, 0.25) is 0 Å². The van der Waals surface area contributed by atoms with Crippen LogP contribution in [0.5, 0.6) is 0 Å². The van der Waals surface area contributed by atoms with Gasteiger partial charge in [-0.1, -0.05) is 42.5 Å². The standard InChI is InChI=1S/C19H18N2O5/c1-14(19(23)20-13-15-7-3-2-4-8-15)26-18(22)12-11-16-9-5-6-10-17(16)21(24)25/h2-12,14H,13H2,1H3,(H,20,23)/b12-11+/t14-/m0/s1. The van der Waals surface area contributed by atoms with E-state index in [2.05, 4.69) is 5.32 Å². The van der Waals surface area contributed by atoms with Crippen LogP contribution in [0.25, 0.3) is 6.08 Å². The number of carbonyl (C=O) groups is 2. The highest BCUT2D eigenvalue weighted by Crippen LogP contribution is 2.18. The Balaban J connectivity index is 1.88. The van der Waals surface area contributed by atoms with Gasteiger partial charge in [0.15, 0.2) is 6.10 Å². The third-order valence-corrected chi connectivity index (χ3v) is 3.50. The summed E-state index contributed by atoms with van der Waals surface area (Å²) in [6.45, 7) is 1.78. The summed E-state index contributed by atoms with van der Waals surface area (Å²) < 4.78 is 5.02. The summed E-state index contributed by atoms with van der Waals surface area (Å²) in [6.07, 6.45) is 1.36. The SMILES string of the molecule is C[C@H](OC(=O)/C=C/c1ccccc1[N+](=O)[O-])C(=O)NCc1ccccc1. The quantitative estimate of drug-likeness (QED) is 0.357. The van der Waals surface area contributed by atoms with Crippen molar-refractivity contribution in [3.8, 4) is 0 Å². The fourth-order valence-corrected chi connectivity index (χ4v) is 2.15. The zero-order chi connectivity index (χ0) is 18.9. The van der Waals surface area contributed by atoms with Crippen LogP contribution < -0.4 is 5.32 Å². The first-order valence-electron chi connectivity index (χ1n) is 7.91. The zero-order valence-electron chi connectivity index (χ0n) is 14.1. The Morgan fingerprint density at radius 3 is 2.50 bits per heavy atom. The number of nitrogens with zero attached hydrogens (tertiary/aromatic N) is 1. The highest BCUT2D eigenvalue weighted by Gasteiger charge is 2.16. The minimum atomic E-state index is -0.985. The van der Waals surface area contributed by atoms with Gasteiger partial charge < -0.3 is 10.1 Å². The third-order valence-electron chi connectivity index (χ3n) is 3.50. The molecule has 0 aliphatic carbocycles. The summed E-state index contributed by atoms with van der Waals surface area (Å²) in [7, 11) is 0. The number of carbonyl (C=O) groups excluding carboxylic acids is 2. The number of benzene rings is 2. The lowest BCUT2D eigenvalue weighted by atomic mass is 10.1. The van der Waals surface area contributed by atoms with Crippen molar-refractivity contribution in [1.82, 2.24) is 5.32 Å². The van der Waals surface area contributed by atoms with E-state index >= 15 is 0 Å². The first kappa shape index (κ1) is 18.9. The Morgan fingerprint density at radius 2 is 1.81 bits per heavy atom. The lowest BCUT2D eigenvalue weighted by Gasteiger charge is -2.12. The van der Waals surface area contributed by atoms with E-state index in [0.29, 0.717) is 6.54 Å². The van der Waals surface area contributed by atoms with Crippen molar-refractivity contribution in [2.45, 2.75) is 19.6 Å². The molecule has 0 spiro atoms. The topological polar surface area (TPSA) is 98.5 Å². The fourth-order valence-electron chi connectivity index (χ4n) is 2.15. The Morgan fingerprint density at radius 1 is 1.15 bits per heavy atom. The maximum atomic E-state index is 12.0. The van der Waals surface area contributed by atoms with Gasteiger partial charge in [-0.15, -0.1) is 0 Å². The second kappa shape index (κ2) is 9.12. The van der Waals surface area contributed by atoms with Crippen molar-refractivity contribution >= 4 is 23.6 Å². The lowest BCUT2D eigenvalue weighted by Crippen LogP contribution is -2.35. The molecule has 0 aromatic heterocycles. The molecule has 0 saturated heterocycles. The highest BCUT2D eigenvalue weighted by atomic mass is 16.6. The van der Waals surface area contributed by atoms with Crippen LogP contribution in [-0.2, 0) is 20.9 Å². The van der Waals surface area contributed by atoms with Crippen molar-refractivity contribution in [2.75, 3.05) is 0 Å². The van der Waals surface area contributed by atoms with E-state index in [9.17, 15) is 19.7 Å². The van der Waals surface area contributed by atoms with Crippen molar-refractivity contribution in [3.05, 3.63) is 81.9 Å². The molecule has 0 aliphatic rings. The number of nitro benzene ring substituents is 1. The molecule has 2 aromatic rings. The van der Waals surface area contributed by atoms with Gasteiger partial charge in [0.25, 0.3) is 11.6 Å². The molecule has 0 fully saturated rings. The number of amides is 1. The van der Waals surface area contributed by atoms with Gasteiger partial charge in [0.05, 0.1) is 10.5 Å². The molecule has 1 amide bonds. The summed E-state index contributed by atoms with van der Waals surface area (Å²) in [5, 5.41) is 13.6. The smallest absolute Gasteiger partial charge is 0.331 e. The normalized spacial score (nSPS) is 11.7. The van der Waals surface area contributed by atoms with Crippen molar-refractivity contribution < 1.29 is 19.2 Å². The number of nitro groups is 1. The molecule has 1 N–H and O–H groups in total. The molecule has 0 heterocycles. The van der Waals surface area contributed by atoms with E-state index in [-0.39, 0.29) is 11.3 Å². The fraction of sp³-hybridized carbons (Fsp3) is 0.158. The Hall–Kier alpha value is -3.48. The average Bonchev–Trinajstić information content (AvgIpc) is 2.65. The first-order chi connectivity index (χ1) is 12.5. The van der Waals surface area contributed by atoms with Gasteiger partial charge in [-0.25, -0.2) is 4.79 Å². The molecule has 2 aromatic carbocycles. The summed E-state index contributed by atoms with van der Waals surface area (Å²) in [4.78, 5) is 34.2. The van der Waals surface area contributed by atoms with Gasteiger partial charge in [-0.3, -0.25) is 14.9 Å². The zero-order valence-corrected chi connectivity index (χ0v) is 14.1. The largest absolute Gasteiger partial charge is 0.449 e. The van der Waals surface area contributed by atoms with E-state index < -0.39 is 22.9 Å². The highest BCUT2D eigenvalue weighted by molar-refractivity contribution is 5.90. The number of ether oxygens (including phenoxy) is 1. The maximum Gasteiger partial charge on any atom is 0.331 e. The van der Waals surface area contributed by atoms with Crippen LogP contribution in [0, 0.1) is 10.1 Å². The van der Waals surface area contributed by atoms with Crippen molar-refractivity contribution in [2.24, 2.45) is 0 Å². The predicted octanol–water partition coefficient (Wildman–Crippen LogP) is 2.86. The molecule has 0 saturated carbocycles. The van der Waals surface area contributed by atoms with E-state index in [0.717, 1.165) is 11.6 Å². The number of esters is 1. The Bertz CT molecular complexity index is 818. The number of hydrogen-bond acceptors (Lipinski definition) is 5. The van der Waals surface area contributed by atoms with Gasteiger partial charge in [0.1, 0.15) is 0 Å². The summed E-state index contributed by atoms with van der Waals surface area (Å²) in [5.41, 5.74) is 1.08. The summed E-state index contributed by atoms with van der Waals surface area (Å²) in [6, 6.07) is 15.3. The monoisotopic (exact) mass is 354 g/mol. The Kier molecular flexibility index (Phi) is 6.61. The molecule has 0 radical (unpaired) electrons. The number of para-hydroxylation sites is 1. The molecule has 134 valence electrons. The number of hydrogen-bond donors (Lipinski definition) is 1. The van der Waals surface area contributed by atoms with Crippen LogP contribution >= 0.6 is 0 Å². The van der Waals surface area contributed by atoms with Crippen LogP contribution in [0.1, 0.15) is 18.1 Å². The van der Waals surface area contributed by atoms with Crippen LogP contribution in [0.15, 0.2) is 60.7 Å². The molecule has 0 bridgehead atoms. The van der Waals surface area contributed by atoms with Crippen LogP contribution in [0.3, 0.4) is 0 Å². The second-order valence-electron chi connectivity index (χ2n) is 5.43. The van der Waals surface area contributed by atoms with Crippen LogP contribution in [0.4, 0.5) is 5.69 Å². The summed E-state index contributed by atoms with van der Waals surface area (Å²) >= 11 is 0. The molecule has 0 unspecified atom stereocenters. The second-order valence-corrected chi connectivity index (χ2v) is 5.43. The van der Waals surface area contributed by atoms with E-state index in [1.54, 1.807) is 6.07 Å². The minimum absolute atomic E-state index is 0.120. The third kappa shape index (κ3) is 5.55. The molecular weight excluding hydrogens is 336 g/mol. The maximum absolute atomic E-state index is 12.0. The van der Waals surface area contributed by atoms with E-state index in [1.165, 1.54) is 31.2 Å². The number of nitrogens with one attached hydrogen (secondary N) is 1. The van der Waals surface area contributed by atoms with Gasteiger partial charge in [-0.2, -0.15) is 0 Å². The molecule has 1 atom stereocenters. The first-order valence-corrected chi connectivity index (χ1v) is 7.91. The molecule has 26 heavy (non-hydrogen) atoms. The van der Waals surface area contributed by atoms with Gasteiger partial charge in [0.2, 0.25) is 0 Å². The van der Waals surface area contributed by atoms with Crippen LogP contribution in [-0.4, -0.2) is 22.9 Å². The van der Waals surface area contributed by atoms with Crippen molar-refractivity contribution in [3.63, 3.8) is 0 Å². The van der Waals surface area contributed by atoms with Gasteiger partial charge in [0, 0.05) is 18.7 Å². The van der Waals surface area contributed by atoms with Gasteiger partial charge >= 0.3 is 5.97 Å². The Labute approximate surface area is 150 Å². The molecule has 0 aliphatic heterocycles. The minimum Gasteiger partial charge on any atom is -0.449 e. The molecule has 7 nitrogen and oxygen atoms in total. The summed E-state index contributed by atoms with van der Waals surface area (Å²) in [5.74, 6) is -1.19. The van der Waals surface area contributed by atoms with E-state index in [4.69, 9.17) is 4.74 Å². The molecular formula is C19H18N2O5. The average molecular weight is 354 g/mol. The lowest BCUT2D eigenvalue weighted by molar-refractivity contribution is -0.385. The number of rotatable bonds is 7. The van der Waals surface area contributed by atoms with Crippen molar-refractivity contribution in [1.29, 1.82) is 0 Å². The molecule has 7 heteroatoms. The van der Waals surface area contributed by atoms with Gasteiger partial charge in [-0.05, 0) is 24.6 Å². The van der Waals surface area contributed by atoms with E-state index in [1.807, 2.05) is 30.3 Å². The molecule has 2 rings (SSSR count).